The highest BCUT2D eigenvalue weighted by Crippen LogP contribution is 2.23. The lowest BCUT2D eigenvalue weighted by Gasteiger charge is -2.02. The lowest BCUT2D eigenvalue weighted by molar-refractivity contribution is -0.145. The first-order valence-electron chi connectivity index (χ1n) is 13.3. The number of rotatable bonds is 3. The molecule has 0 radical (unpaired) electrons. The van der Waals surface area contributed by atoms with Crippen LogP contribution in [0.5, 0.6) is 17.2 Å². The molecule has 0 aliphatic heterocycles. The fourth-order valence-corrected chi connectivity index (χ4v) is 3.80. The van der Waals surface area contributed by atoms with Gasteiger partial charge in [0.05, 0.1) is 6.61 Å². The molecule has 0 saturated heterocycles. The van der Waals surface area contributed by atoms with Crippen LogP contribution in [-0.2, 0) is 14.3 Å². The molecule has 2 heterocycles. The summed E-state index contributed by atoms with van der Waals surface area (Å²) < 4.78 is 14.5. The van der Waals surface area contributed by atoms with Crippen molar-refractivity contribution in [1.82, 2.24) is 0 Å². The monoisotopic (exact) mass is 624 g/mol. The Morgan fingerprint density at radius 1 is 0.795 bits per heavy atom. The minimum Gasteiger partial charge on any atom is -0.508 e. The van der Waals surface area contributed by atoms with Crippen LogP contribution in [0.1, 0.15) is 37.0 Å². The number of aryl methyl sites for hydroxylation is 3. The number of carbonyl (C=O) groups excluding carboxylic acids is 2. The highest BCUT2D eigenvalue weighted by molar-refractivity contribution is 6.31. The van der Waals surface area contributed by atoms with Crippen LogP contribution in [0.2, 0.25) is 5.02 Å². The molecular formula is C33H33ClO10. The van der Waals surface area contributed by atoms with Gasteiger partial charge in [0.2, 0.25) is 0 Å². The Balaban J connectivity index is 0.000000210. The lowest BCUT2D eigenvalue weighted by atomic mass is 10.1. The number of benzene rings is 3. The number of ether oxygens (including phenoxy) is 1. The summed E-state index contributed by atoms with van der Waals surface area (Å²) in [5.41, 5.74) is 2.84. The number of halogens is 1. The highest BCUT2D eigenvalue weighted by atomic mass is 35.5. The predicted octanol–water partition coefficient (Wildman–Crippen LogP) is 6.50. The van der Waals surface area contributed by atoms with Crippen LogP contribution in [0, 0.1) is 20.8 Å². The number of hydrogen-bond acceptors (Lipinski definition) is 10. The van der Waals surface area contributed by atoms with Gasteiger partial charge in [0.1, 0.15) is 45.6 Å². The maximum atomic E-state index is 11.3. The van der Waals surface area contributed by atoms with E-state index in [1.54, 1.807) is 25.1 Å². The van der Waals surface area contributed by atoms with Crippen molar-refractivity contribution >= 4 is 45.3 Å². The summed E-state index contributed by atoms with van der Waals surface area (Å²) in [6, 6.07) is 17.7. The number of ketones is 1. The first-order valence-corrected chi connectivity index (χ1v) is 13.7. The van der Waals surface area contributed by atoms with Crippen LogP contribution in [0.3, 0.4) is 0 Å². The molecule has 5 rings (SSSR count). The molecular weight excluding hydrogens is 592 g/mol. The smallest absolute Gasteiger partial charge is 0.355 e. The maximum Gasteiger partial charge on any atom is 0.355 e. The second-order valence-electron chi connectivity index (χ2n) is 9.46. The van der Waals surface area contributed by atoms with Crippen LogP contribution in [0.15, 0.2) is 85.2 Å². The van der Waals surface area contributed by atoms with E-state index < -0.39 is 17.2 Å². The molecule has 44 heavy (non-hydrogen) atoms. The molecule has 0 bridgehead atoms. The van der Waals surface area contributed by atoms with Gasteiger partial charge in [-0.05, 0) is 81.6 Å². The fourth-order valence-electron chi connectivity index (χ4n) is 3.66. The first kappa shape index (κ1) is 35.1. The van der Waals surface area contributed by atoms with Crippen LogP contribution in [-0.4, -0.2) is 33.7 Å². The molecule has 10 nitrogen and oxygen atoms in total. The van der Waals surface area contributed by atoms with Crippen molar-refractivity contribution in [3.8, 4) is 17.2 Å². The quantitative estimate of drug-likeness (QED) is 0.115. The summed E-state index contributed by atoms with van der Waals surface area (Å²) in [7, 11) is 0. The van der Waals surface area contributed by atoms with Crippen LogP contribution in [0.4, 0.5) is 0 Å². The molecule has 0 spiro atoms. The summed E-state index contributed by atoms with van der Waals surface area (Å²) in [4.78, 5) is 42.9. The van der Waals surface area contributed by atoms with Gasteiger partial charge in [-0.1, -0.05) is 29.8 Å². The average molecular weight is 625 g/mol. The second kappa shape index (κ2) is 16.5. The van der Waals surface area contributed by atoms with Gasteiger partial charge in [-0.15, -0.1) is 0 Å². The third-order valence-corrected chi connectivity index (χ3v) is 6.15. The van der Waals surface area contributed by atoms with Gasteiger partial charge < -0.3 is 28.9 Å². The van der Waals surface area contributed by atoms with Gasteiger partial charge in [-0.3, -0.25) is 9.59 Å². The van der Waals surface area contributed by atoms with Gasteiger partial charge >= 0.3 is 17.2 Å². The van der Waals surface area contributed by atoms with Crippen molar-refractivity contribution in [2.75, 3.05) is 6.61 Å². The van der Waals surface area contributed by atoms with E-state index >= 15 is 0 Å². The molecule has 232 valence electrons. The fraction of sp³-hybridized carbons (Fsp3) is 0.212. The summed E-state index contributed by atoms with van der Waals surface area (Å²) in [6.07, 6.45) is -0.103. The molecule has 0 aliphatic carbocycles. The molecule has 0 unspecified atom stereocenters. The molecule has 3 aromatic carbocycles. The molecule has 2 aromatic heterocycles. The number of phenolic OH excluding ortho intramolecular Hbond substituents is 3. The third kappa shape index (κ3) is 11.0. The average Bonchev–Trinajstić information content (AvgIpc) is 2.92. The predicted molar refractivity (Wildman–Crippen MR) is 168 cm³/mol. The third-order valence-electron chi connectivity index (χ3n) is 5.72. The zero-order chi connectivity index (χ0) is 33.0. The number of esters is 1. The van der Waals surface area contributed by atoms with E-state index in [9.17, 15) is 19.2 Å². The first-order chi connectivity index (χ1) is 20.7. The Morgan fingerprint density at radius 2 is 1.39 bits per heavy atom. The van der Waals surface area contributed by atoms with Gasteiger partial charge in [0, 0.05) is 29.0 Å². The Kier molecular flexibility index (Phi) is 13.2. The number of aromatic hydroxyl groups is 3. The number of fused-ring (bicyclic) bond motifs is 2. The Hall–Kier alpha value is -5.09. The minimum atomic E-state index is -0.470. The van der Waals surface area contributed by atoms with Crippen molar-refractivity contribution in [1.29, 1.82) is 0 Å². The largest absolute Gasteiger partial charge is 0.508 e. The summed E-state index contributed by atoms with van der Waals surface area (Å²) in [5.74, 6) is -0.324. The van der Waals surface area contributed by atoms with E-state index in [4.69, 9.17) is 35.8 Å². The number of Topliss-reactive ketones (excluding diaryl/α,β-unsaturated/α-hetero) is 1. The van der Waals surface area contributed by atoms with Crippen LogP contribution < -0.4 is 11.3 Å². The molecule has 0 aliphatic rings. The van der Waals surface area contributed by atoms with E-state index in [-0.39, 0.29) is 34.5 Å². The molecule has 11 heteroatoms. The van der Waals surface area contributed by atoms with Gasteiger partial charge in [-0.25, -0.2) is 9.59 Å². The van der Waals surface area contributed by atoms with Crippen molar-refractivity contribution in [3.05, 3.63) is 109 Å². The Morgan fingerprint density at radius 3 is 1.95 bits per heavy atom. The van der Waals surface area contributed by atoms with Crippen molar-refractivity contribution in [2.45, 2.75) is 41.0 Å². The molecule has 0 saturated carbocycles. The molecule has 5 aromatic rings. The Bertz CT molecular complexity index is 1850. The summed E-state index contributed by atoms with van der Waals surface area (Å²) in [6.45, 7) is 9.00. The number of carbonyl (C=O) groups is 2. The normalized spacial score (nSPS) is 9.95. The SMILES string of the molecule is CCOC(=O)CC(C)=O.Cc1cc(=O)oc2cc(O)ccc12.Cc1ccc2c(C)c(Cl)c(=O)oc2c1.Oc1cccc(O)c1. The number of hydrogen-bond donors (Lipinski definition) is 3. The maximum absolute atomic E-state index is 11.3. The zero-order valence-electron chi connectivity index (χ0n) is 24.8. The molecule has 3 N–H and O–H groups in total. The molecule has 0 atom stereocenters. The van der Waals surface area contributed by atoms with E-state index in [0.717, 1.165) is 27.5 Å². The molecule has 0 fully saturated rings. The lowest BCUT2D eigenvalue weighted by Crippen LogP contribution is -2.07. The van der Waals surface area contributed by atoms with Crippen molar-refractivity contribution < 1.29 is 38.5 Å². The van der Waals surface area contributed by atoms with E-state index in [2.05, 4.69) is 4.74 Å². The van der Waals surface area contributed by atoms with Gasteiger partial charge in [-0.2, -0.15) is 0 Å². The summed E-state index contributed by atoms with van der Waals surface area (Å²) >= 11 is 5.79. The minimum absolute atomic E-state index is 0.0880. The van der Waals surface area contributed by atoms with Gasteiger partial charge in [0.25, 0.3) is 0 Å². The highest BCUT2D eigenvalue weighted by Gasteiger charge is 2.08. The van der Waals surface area contributed by atoms with Crippen molar-refractivity contribution in [3.63, 3.8) is 0 Å². The van der Waals surface area contributed by atoms with E-state index in [1.165, 1.54) is 37.3 Å². The van der Waals surface area contributed by atoms with Gasteiger partial charge in [0.15, 0.2) is 0 Å². The number of phenols is 3. The zero-order valence-corrected chi connectivity index (χ0v) is 25.6. The van der Waals surface area contributed by atoms with Crippen molar-refractivity contribution in [2.24, 2.45) is 0 Å². The van der Waals surface area contributed by atoms with E-state index in [1.807, 2.05) is 39.0 Å². The van der Waals surface area contributed by atoms with Crippen LogP contribution >= 0.6 is 11.6 Å². The Labute approximate surface area is 257 Å². The molecule has 0 amide bonds. The topological polar surface area (TPSA) is 164 Å². The standard InChI is InChI=1S/C11H9ClO2.C10H8O3.C6H10O3.C6H6O2/c1-6-3-4-8-7(2)10(12)11(13)14-9(8)5-6;1-6-4-10(12)13-9-5-7(11)2-3-8(6)9;1-3-9-6(8)4-5(2)7;7-5-2-1-3-6(8)4-5/h3-5H,1-2H3;2-5,11H,1H3;3-4H2,1-2H3;1-4,7-8H. The van der Waals surface area contributed by atoms with Crippen LogP contribution in [0.25, 0.3) is 21.9 Å². The summed E-state index contributed by atoms with van der Waals surface area (Å²) in [5, 5.41) is 28.4. The van der Waals surface area contributed by atoms with E-state index in [0.29, 0.717) is 17.8 Å². The second-order valence-corrected chi connectivity index (χ2v) is 9.84.